The molecule has 96 valence electrons. The number of nitrogen functional groups attached to an aromatic ring is 1. The lowest BCUT2D eigenvalue weighted by atomic mass is 10.3. The topological polar surface area (TPSA) is 72.2 Å². The highest BCUT2D eigenvalue weighted by atomic mass is 79.9. The molecule has 0 saturated heterocycles. The number of hydrogen-bond acceptors (Lipinski definition) is 4. The zero-order chi connectivity index (χ0) is 13.3. The van der Waals surface area contributed by atoms with Crippen molar-refractivity contribution in [2.24, 2.45) is 0 Å². The van der Waals surface area contributed by atoms with Crippen molar-refractivity contribution in [3.63, 3.8) is 0 Å². The molecule has 1 heterocycles. The van der Waals surface area contributed by atoms with Gasteiger partial charge in [0.05, 0.1) is 15.2 Å². The summed E-state index contributed by atoms with van der Waals surface area (Å²) in [7, 11) is -3.58. The van der Waals surface area contributed by atoms with Crippen LogP contribution in [0.5, 0.6) is 0 Å². The summed E-state index contributed by atoms with van der Waals surface area (Å²) in [4.78, 5) is 0. The number of sulfonamides is 1. The van der Waals surface area contributed by atoms with Gasteiger partial charge < -0.3 is 5.73 Å². The Morgan fingerprint density at radius 2 is 2.00 bits per heavy atom. The summed E-state index contributed by atoms with van der Waals surface area (Å²) in [6.07, 6.45) is 0. The van der Waals surface area contributed by atoms with Crippen molar-refractivity contribution >= 4 is 48.7 Å². The lowest BCUT2D eigenvalue weighted by molar-refractivity contribution is 0.603. The highest BCUT2D eigenvalue weighted by Crippen LogP contribution is 2.32. The molecule has 7 heteroatoms. The number of nitrogens with two attached hydrogens (primary N) is 1. The van der Waals surface area contributed by atoms with Gasteiger partial charge in [0.1, 0.15) is 4.21 Å². The normalized spacial score (nSPS) is 11.4. The number of rotatable bonds is 3. The van der Waals surface area contributed by atoms with Gasteiger partial charge in [-0.15, -0.1) is 11.3 Å². The van der Waals surface area contributed by atoms with Crippen molar-refractivity contribution in [3.8, 4) is 0 Å². The first-order valence-corrected chi connectivity index (χ1v) is 8.12. The summed E-state index contributed by atoms with van der Waals surface area (Å²) >= 11 is 4.48. The standard InChI is InChI=1S/C11H11BrN2O2S2/c1-7-6-10(17-11(7)12)18(15,16)14-9-5-3-2-4-8(9)13/h2-6,14H,13H2,1H3. The molecule has 0 aliphatic carbocycles. The minimum atomic E-state index is -3.58. The Bertz CT molecular complexity index is 661. The van der Waals surface area contributed by atoms with Gasteiger partial charge in [0.15, 0.2) is 0 Å². The SMILES string of the molecule is Cc1cc(S(=O)(=O)Nc2ccccc2N)sc1Br. The molecule has 0 bridgehead atoms. The maximum Gasteiger partial charge on any atom is 0.271 e. The average molecular weight is 347 g/mol. The molecule has 1 aromatic carbocycles. The summed E-state index contributed by atoms with van der Waals surface area (Å²) in [6, 6.07) is 8.37. The lowest BCUT2D eigenvalue weighted by Gasteiger charge is -2.08. The van der Waals surface area contributed by atoms with E-state index in [0.717, 1.165) is 9.35 Å². The quantitative estimate of drug-likeness (QED) is 0.838. The molecule has 0 atom stereocenters. The van der Waals surface area contributed by atoms with Gasteiger partial charge in [-0.25, -0.2) is 8.42 Å². The van der Waals surface area contributed by atoms with Crippen LogP contribution >= 0.6 is 27.3 Å². The zero-order valence-electron chi connectivity index (χ0n) is 9.48. The molecule has 2 aromatic rings. The van der Waals surface area contributed by atoms with E-state index >= 15 is 0 Å². The fourth-order valence-corrected chi connectivity index (χ4v) is 4.66. The Balaban J connectivity index is 2.36. The number of para-hydroxylation sites is 2. The molecule has 0 fully saturated rings. The second-order valence-corrected chi connectivity index (χ2v) is 7.99. The number of thiophene rings is 1. The fourth-order valence-electron chi connectivity index (χ4n) is 1.35. The Labute approximate surface area is 118 Å². The van der Waals surface area contributed by atoms with Gasteiger partial charge in [-0.05, 0) is 46.6 Å². The van der Waals surface area contributed by atoms with Crippen molar-refractivity contribution in [1.29, 1.82) is 0 Å². The molecule has 0 saturated carbocycles. The van der Waals surface area contributed by atoms with E-state index in [1.807, 2.05) is 6.92 Å². The van der Waals surface area contributed by atoms with Crippen LogP contribution in [-0.4, -0.2) is 8.42 Å². The third-order valence-corrected chi connectivity index (χ3v) is 6.28. The van der Waals surface area contributed by atoms with Gasteiger partial charge in [-0.1, -0.05) is 12.1 Å². The largest absolute Gasteiger partial charge is 0.397 e. The molecular formula is C11H11BrN2O2S2. The Hall–Kier alpha value is -1.05. The second kappa shape index (κ2) is 4.91. The van der Waals surface area contributed by atoms with E-state index < -0.39 is 10.0 Å². The number of halogens is 1. The van der Waals surface area contributed by atoms with Crippen LogP contribution in [-0.2, 0) is 10.0 Å². The molecule has 2 rings (SSSR count). The van der Waals surface area contributed by atoms with Crippen LogP contribution < -0.4 is 10.5 Å². The summed E-state index contributed by atoms with van der Waals surface area (Å²) in [5, 5.41) is 0. The molecule has 1 aromatic heterocycles. The first-order chi connectivity index (χ1) is 8.40. The smallest absolute Gasteiger partial charge is 0.271 e. The van der Waals surface area contributed by atoms with Crippen LogP contribution in [0.1, 0.15) is 5.56 Å². The number of nitrogens with one attached hydrogen (secondary N) is 1. The average Bonchev–Trinajstić information content (AvgIpc) is 2.63. The molecular weight excluding hydrogens is 336 g/mol. The maximum atomic E-state index is 12.1. The molecule has 0 aliphatic rings. The molecule has 0 spiro atoms. The van der Waals surface area contributed by atoms with Crippen molar-refractivity contribution < 1.29 is 8.42 Å². The number of benzene rings is 1. The van der Waals surface area contributed by atoms with Crippen molar-refractivity contribution in [1.82, 2.24) is 0 Å². The van der Waals surface area contributed by atoms with Crippen LogP contribution in [0.25, 0.3) is 0 Å². The van der Waals surface area contributed by atoms with E-state index in [-0.39, 0.29) is 4.21 Å². The minimum Gasteiger partial charge on any atom is -0.397 e. The maximum absolute atomic E-state index is 12.1. The van der Waals surface area contributed by atoms with E-state index in [2.05, 4.69) is 20.7 Å². The minimum absolute atomic E-state index is 0.259. The lowest BCUT2D eigenvalue weighted by Crippen LogP contribution is -2.12. The zero-order valence-corrected chi connectivity index (χ0v) is 12.7. The Morgan fingerprint density at radius 1 is 1.33 bits per heavy atom. The summed E-state index contributed by atoms with van der Waals surface area (Å²) < 4.78 is 27.8. The molecule has 0 amide bonds. The summed E-state index contributed by atoms with van der Waals surface area (Å²) in [5.41, 5.74) is 7.38. The van der Waals surface area contributed by atoms with E-state index in [0.29, 0.717) is 11.4 Å². The van der Waals surface area contributed by atoms with Gasteiger partial charge in [0.25, 0.3) is 10.0 Å². The second-order valence-electron chi connectivity index (χ2n) is 3.71. The van der Waals surface area contributed by atoms with Gasteiger partial charge in [0, 0.05) is 0 Å². The number of anilines is 2. The predicted octanol–water partition coefficient (Wildman–Crippen LogP) is 3.20. The van der Waals surface area contributed by atoms with Gasteiger partial charge in [0.2, 0.25) is 0 Å². The first kappa shape index (κ1) is 13.4. The van der Waals surface area contributed by atoms with E-state index in [9.17, 15) is 8.42 Å². The van der Waals surface area contributed by atoms with Crippen LogP contribution in [0, 0.1) is 6.92 Å². The summed E-state index contributed by atoms with van der Waals surface area (Å²) in [5.74, 6) is 0. The third kappa shape index (κ3) is 2.68. The molecule has 3 N–H and O–H groups in total. The van der Waals surface area contributed by atoms with E-state index in [1.54, 1.807) is 30.3 Å². The first-order valence-electron chi connectivity index (χ1n) is 5.03. The van der Waals surface area contributed by atoms with Gasteiger partial charge in [-0.2, -0.15) is 0 Å². The van der Waals surface area contributed by atoms with E-state index in [1.165, 1.54) is 11.3 Å². The van der Waals surface area contributed by atoms with Crippen LogP contribution in [0.4, 0.5) is 11.4 Å². The molecule has 18 heavy (non-hydrogen) atoms. The van der Waals surface area contributed by atoms with Gasteiger partial charge >= 0.3 is 0 Å². The molecule has 4 nitrogen and oxygen atoms in total. The van der Waals surface area contributed by atoms with Crippen molar-refractivity contribution in [2.45, 2.75) is 11.1 Å². The van der Waals surface area contributed by atoms with Crippen molar-refractivity contribution in [2.75, 3.05) is 10.5 Å². The Morgan fingerprint density at radius 3 is 2.56 bits per heavy atom. The molecule has 0 unspecified atom stereocenters. The fraction of sp³-hybridized carbons (Fsp3) is 0.0909. The van der Waals surface area contributed by atoms with E-state index in [4.69, 9.17) is 5.73 Å². The third-order valence-electron chi connectivity index (χ3n) is 2.30. The monoisotopic (exact) mass is 346 g/mol. The Kier molecular flexibility index (Phi) is 3.65. The molecule has 0 radical (unpaired) electrons. The number of hydrogen-bond donors (Lipinski definition) is 2. The highest BCUT2D eigenvalue weighted by molar-refractivity contribution is 9.11. The summed E-state index contributed by atoms with van der Waals surface area (Å²) in [6.45, 7) is 1.84. The van der Waals surface area contributed by atoms with Crippen LogP contribution in [0.3, 0.4) is 0 Å². The van der Waals surface area contributed by atoms with Crippen molar-refractivity contribution in [3.05, 3.63) is 39.7 Å². The van der Waals surface area contributed by atoms with Crippen LogP contribution in [0.15, 0.2) is 38.3 Å². The van der Waals surface area contributed by atoms with Gasteiger partial charge in [-0.3, -0.25) is 4.72 Å². The van der Waals surface area contributed by atoms with Crippen LogP contribution in [0.2, 0.25) is 0 Å². The number of aryl methyl sites for hydroxylation is 1. The predicted molar refractivity (Wildman–Crippen MR) is 78.4 cm³/mol. The highest BCUT2D eigenvalue weighted by Gasteiger charge is 2.19. The molecule has 0 aliphatic heterocycles.